The van der Waals surface area contributed by atoms with Crippen molar-refractivity contribution in [2.75, 3.05) is 18.2 Å². The summed E-state index contributed by atoms with van der Waals surface area (Å²) >= 11 is 0. The van der Waals surface area contributed by atoms with Gasteiger partial charge < -0.3 is 15.8 Å². The van der Waals surface area contributed by atoms with Gasteiger partial charge in [0.1, 0.15) is 5.82 Å². The maximum atomic E-state index is 13.8. The number of carbonyl (C=O) groups is 1. The Morgan fingerprint density at radius 2 is 2.30 bits per heavy atom. The first-order valence-electron chi connectivity index (χ1n) is 5.91. The van der Waals surface area contributed by atoms with Crippen LogP contribution in [0.2, 0.25) is 0 Å². The first-order valence-corrected chi connectivity index (χ1v) is 5.91. The number of aryl methyl sites for hydroxylation is 1. The van der Waals surface area contributed by atoms with Gasteiger partial charge in [-0.25, -0.2) is 9.18 Å². The van der Waals surface area contributed by atoms with Crippen molar-refractivity contribution in [3.8, 4) is 0 Å². The van der Waals surface area contributed by atoms with E-state index in [4.69, 9.17) is 5.73 Å². The van der Waals surface area contributed by atoms with Gasteiger partial charge in [0.15, 0.2) is 0 Å². The van der Waals surface area contributed by atoms with Crippen molar-refractivity contribution in [2.45, 2.75) is 6.54 Å². The highest BCUT2D eigenvalue weighted by Crippen LogP contribution is 2.23. The Kier molecular flexibility index (Phi) is 3.88. The summed E-state index contributed by atoms with van der Waals surface area (Å²) in [5.41, 5.74) is 6.68. The van der Waals surface area contributed by atoms with E-state index in [1.165, 1.54) is 13.2 Å². The van der Waals surface area contributed by atoms with Crippen LogP contribution in [0.25, 0.3) is 0 Å². The summed E-state index contributed by atoms with van der Waals surface area (Å²) in [4.78, 5) is 11.5. The molecule has 0 atom stereocenters. The van der Waals surface area contributed by atoms with Crippen molar-refractivity contribution in [3.05, 3.63) is 41.5 Å². The van der Waals surface area contributed by atoms with Gasteiger partial charge in [0.2, 0.25) is 0 Å². The number of ether oxygens (including phenoxy) is 1. The summed E-state index contributed by atoms with van der Waals surface area (Å²) in [5, 5.41) is 7.04. The molecule has 106 valence electrons. The maximum Gasteiger partial charge on any atom is 0.340 e. The monoisotopic (exact) mass is 278 g/mol. The number of methoxy groups -OCH3 is 1. The summed E-state index contributed by atoms with van der Waals surface area (Å²) in [7, 11) is 3.04. The fourth-order valence-corrected chi connectivity index (χ4v) is 1.75. The predicted molar refractivity (Wildman–Crippen MR) is 72.7 cm³/mol. The van der Waals surface area contributed by atoms with E-state index in [0.29, 0.717) is 6.54 Å². The third-order valence-corrected chi connectivity index (χ3v) is 2.77. The highest BCUT2D eigenvalue weighted by molar-refractivity contribution is 5.96. The fourth-order valence-electron chi connectivity index (χ4n) is 1.75. The van der Waals surface area contributed by atoms with Gasteiger partial charge in [-0.15, -0.1) is 0 Å². The topological polar surface area (TPSA) is 82.2 Å². The van der Waals surface area contributed by atoms with Crippen LogP contribution in [0.5, 0.6) is 0 Å². The summed E-state index contributed by atoms with van der Waals surface area (Å²) in [6, 6.07) is 4.23. The van der Waals surface area contributed by atoms with Gasteiger partial charge in [0.05, 0.1) is 30.6 Å². The first kappa shape index (κ1) is 13.9. The second-order valence-electron chi connectivity index (χ2n) is 4.25. The standard InChI is InChI=1S/C13H15FN4O2/c1-18-4-3-8(17-18)7-16-12-5-9(13(19)20-2)11(15)6-10(12)14/h3-6,16H,7,15H2,1-2H3. The lowest BCUT2D eigenvalue weighted by Crippen LogP contribution is -2.09. The zero-order chi connectivity index (χ0) is 14.7. The molecule has 20 heavy (non-hydrogen) atoms. The van der Waals surface area contributed by atoms with E-state index in [2.05, 4.69) is 15.2 Å². The highest BCUT2D eigenvalue weighted by Gasteiger charge is 2.14. The summed E-state index contributed by atoms with van der Waals surface area (Å²) in [6.45, 7) is 0.336. The van der Waals surface area contributed by atoms with Gasteiger partial charge in [-0.05, 0) is 18.2 Å². The van der Waals surface area contributed by atoms with Crippen LogP contribution in [-0.2, 0) is 18.3 Å². The molecule has 0 unspecified atom stereocenters. The fraction of sp³-hybridized carbons (Fsp3) is 0.231. The molecule has 0 aliphatic heterocycles. The molecule has 0 fully saturated rings. The van der Waals surface area contributed by atoms with E-state index < -0.39 is 11.8 Å². The average molecular weight is 278 g/mol. The highest BCUT2D eigenvalue weighted by atomic mass is 19.1. The number of aromatic nitrogens is 2. The molecule has 0 spiro atoms. The Morgan fingerprint density at radius 1 is 1.55 bits per heavy atom. The molecule has 0 saturated heterocycles. The molecule has 7 heteroatoms. The normalized spacial score (nSPS) is 10.3. The van der Waals surface area contributed by atoms with Gasteiger partial charge in [-0.3, -0.25) is 4.68 Å². The Labute approximate surface area is 115 Å². The van der Waals surface area contributed by atoms with Crippen LogP contribution >= 0.6 is 0 Å². The molecule has 2 aromatic rings. The van der Waals surface area contributed by atoms with Gasteiger partial charge in [-0.1, -0.05) is 0 Å². The van der Waals surface area contributed by atoms with Crippen LogP contribution in [0.3, 0.4) is 0 Å². The number of benzene rings is 1. The number of hydrogen-bond acceptors (Lipinski definition) is 5. The Bertz CT molecular complexity index is 639. The Morgan fingerprint density at radius 3 is 2.90 bits per heavy atom. The van der Waals surface area contributed by atoms with E-state index in [1.807, 2.05) is 6.07 Å². The van der Waals surface area contributed by atoms with E-state index in [9.17, 15) is 9.18 Å². The lowest BCUT2D eigenvalue weighted by molar-refractivity contribution is 0.0602. The molecule has 1 aromatic heterocycles. The quantitative estimate of drug-likeness (QED) is 0.655. The molecular formula is C13H15FN4O2. The third-order valence-electron chi connectivity index (χ3n) is 2.77. The second kappa shape index (κ2) is 5.60. The first-order chi connectivity index (χ1) is 9.51. The van der Waals surface area contributed by atoms with Crippen molar-refractivity contribution in [2.24, 2.45) is 7.05 Å². The third kappa shape index (κ3) is 2.87. The number of rotatable bonds is 4. The second-order valence-corrected chi connectivity index (χ2v) is 4.25. The number of hydrogen-bond donors (Lipinski definition) is 2. The minimum atomic E-state index is -0.608. The molecular weight excluding hydrogens is 263 g/mol. The molecule has 0 amide bonds. The number of nitrogens with zero attached hydrogens (tertiary/aromatic N) is 2. The molecule has 1 heterocycles. The van der Waals surface area contributed by atoms with Crippen molar-refractivity contribution in [1.82, 2.24) is 9.78 Å². The largest absolute Gasteiger partial charge is 0.465 e. The minimum Gasteiger partial charge on any atom is -0.465 e. The SMILES string of the molecule is COC(=O)c1cc(NCc2ccn(C)n2)c(F)cc1N. The van der Waals surface area contributed by atoms with Crippen molar-refractivity contribution < 1.29 is 13.9 Å². The molecule has 3 N–H and O–H groups in total. The van der Waals surface area contributed by atoms with Gasteiger partial charge in [0, 0.05) is 18.9 Å². The van der Waals surface area contributed by atoms with Gasteiger partial charge in [0.25, 0.3) is 0 Å². The maximum absolute atomic E-state index is 13.8. The van der Waals surface area contributed by atoms with Crippen molar-refractivity contribution in [1.29, 1.82) is 0 Å². The van der Waals surface area contributed by atoms with Crippen LogP contribution < -0.4 is 11.1 Å². The van der Waals surface area contributed by atoms with E-state index in [-0.39, 0.29) is 16.9 Å². The molecule has 1 aromatic carbocycles. The molecule has 0 aliphatic rings. The molecule has 0 radical (unpaired) electrons. The Hall–Kier alpha value is -2.57. The van der Waals surface area contributed by atoms with Crippen LogP contribution in [0.4, 0.5) is 15.8 Å². The van der Waals surface area contributed by atoms with Crippen LogP contribution in [0.1, 0.15) is 16.1 Å². The van der Waals surface area contributed by atoms with Crippen LogP contribution in [0, 0.1) is 5.82 Å². The summed E-state index contributed by atoms with van der Waals surface area (Å²) < 4.78 is 20.0. The average Bonchev–Trinajstić information content (AvgIpc) is 2.83. The molecule has 0 bridgehead atoms. The zero-order valence-corrected chi connectivity index (χ0v) is 11.2. The lowest BCUT2D eigenvalue weighted by atomic mass is 10.1. The number of anilines is 2. The van der Waals surface area contributed by atoms with E-state index in [0.717, 1.165) is 11.8 Å². The number of halogens is 1. The number of nitrogens with two attached hydrogens (primary N) is 1. The Balaban J connectivity index is 2.20. The summed E-state index contributed by atoms with van der Waals surface area (Å²) in [6.07, 6.45) is 1.79. The smallest absolute Gasteiger partial charge is 0.340 e. The summed E-state index contributed by atoms with van der Waals surface area (Å²) in [5.74, 6) is -1.14. The van der Waals surface area contributed by atoms with E-state index >= 15 is 0 Å². The number of nitrogen functional groups attached to an aromatic ring is 1. The lowest BCUT2D eigenvalue weighted by Gasteiger charge is -2.10. The number of esters is 1. The molecule has 2 rings (SSSR count). The van der Waals surface area contributed by atoms with Crippen molar-refractivity contribution in [3.63, 3.8) is 0 Å². The number of carbonyl (C=O) groups excluding carboxylic acids is 1. The van der Waals surface area contributed by atoms with Crippen LogP contribution in [0.15, 0.2) is 24.4 Å². The number of nitrogens with one attached hydrogen (secondary N) is 1. The molecule has 0 saturated carbocycles. The molecule has 0 aliphatic carbocycles. The van der Waals surface area contributed by atoms with Gasteiger partial charge in [-0.2, -0.15) is 5.10 Å². The minimum absolute atomic E-state index is 0.0396. The molecule has 6 nitrogen and oxygen atoms in total. The van der Waals surface area contributed by atoms with E-state index in [1.54, 1.807) is 17.9 Å². The van der Waals surface area contributed by atoms with Crippen molar-refractivity contribution >= 4 is 17.3 Å². The van der Waals surface area contributed by atoms with Crippen LogP contribution in [-0.4, -0.2) is 22.9 Å². The van der Waals surface area contributed by atoms with Gasteiger partial charge >= 0.3 is 5.97 Å². The predicted octanol–water partition coefficient (Wildman–Crippen LogP) is 1.54. The zero-order valence-electron chi connectivity index (χ0n) is 11.2.